The molecule has 0 aromatic heterocycles. The van der Waals surface area contributed by atoms with E-state index < -0.39 is 0 Å². The molecule has 2 aromatic carbocycles. The molecule has 4 heteroatoms. The van der Waals surface area contributed by atoms with Gasteiger partial charge in [-0.2, -0.15) is 0 Å². The van der Waals surface area contributed by atoms with Gasteiger partial charge < -0.3 is 11.1 Å². The molecule has 0 radical (unpaired) electrons. The van der Waals surface area contributed by atoms with Gasteiger partial charge >= 0.3 is 0 Å². The van der Waals surface area contributed by atoms with E-state index in [4.69, 9.17) is 17.3 Å². The quantitative estimate of drug-likeness (QED) is 0.837. The number of rotatable bonds is 2. The molecule has 3 nitrogen and oxygen atoms in total. The summed E-state index contributed by atoms with van der Waals surface area (Å²) in [6.07, 6.45) is 0. The van der Waals surface area contributed by atoms with Crippen molar-refractivity contribution in [3.63, 3.8) is 0 Å². The van der Waals surface area contributed by atoms with E-state index >= 15 is 0 Å². The number of carbonyl (C=O) groups is 1. The summed E-state index contributed by atoms with van der Waals surface area (Å²) in [5.41, 5.74) is 8.46. The van der Waals surface area contributed by atoms with Gasteiger partial charge in [0.05, 0.1) is 6.54 Å². The molecule has 2 rings (SSSR count). The first-order valence-corrected chi connectivity index (χ1v) is 6.84. The average molecular weight is 299 g/mol. The Balaban J connectivity index is 2.16. The third-order valence-corrected chi connectivity index (χ3v) is 3.17. The van der Waals surface area contributed by atoms with Crippen LogP contribution < -0.4 is 11.1 Å². The Bertz CT molecular complexity index is 712. The minimum atomic E-state index is -0.168. The number of nitrogens with one attached hydrogen (secondary N) is 1. The van der Waals surface area contributed by atoms with Crippen LogP contribution in [0.3, 0.4) is 0 Å². The second kappa shape index (κ2) is 6.94. The van der Waals surface area contributed by atoms with Crippen LogP contribution in [0.1, 0.15) is 21.5 Å². The van der Waals surface area contributed by atoms with Crippen LogP contribution in [0, 0.1) is 18.8 Å². The van der Waals surface area contributed by atoms with Gasteiger partial charge in [-0.25, -0.2) is 0 Å². The largest absolute Gasteiger partial charge is 0.322 e. The van der Waals surface area contributed by atoms with Crippen molar-refractivity contribution in [3.8, 4) is 11.8 Å². The summed E-state index contributed by atoms with van der Waals surface area (Å²) in [6.45, 7) is 2.23. The highest BCUT2D eigenvalue weighted by Crippen LogP contribution is 2.16. The Morgan fingerprint density at radius 2 is 1.95 bits per heavy atom. The number of carbonyl (C=O) groups excluding carboxylic acids is 1. The molecule has 0 spiro atoms. The summed E-state index contributed by atoms with van der Waals surface area (Å²) in [4.78, 5) is 12.2. The smallest absolute Gasteiger partial charge is 0.255 e. The van der Waals surface area contributed by atoms with Gasteiger partial charge in [0.15, 0.2) is 0 Å². The van der Waals surface area contributed by atoms with E-state index in [1.165, 1.54) is 0 Å². The van der Waals surface area contributed by atoms with Crippen LogP contribution in [0.2, 0.25) is 5.02 Å². The zero-order valence-electron chi connectivity index (χ0n) is 11.6. The number of hydrogen-bond donors (Lipinski definition) is 2. The monoisotopic (exact) mass is 298 g/mol. The maximum absolute atomic E-state index is 12.2. The molecule has 0 aliphatic carbocycles. The SMILES string of the molecule is Cc1cc(C(=O)Nc2ccc(Cl)cc2)ccc1C#CCN. The molecule has 0 fully saturated rings. The van der Waals surface area contributed by atoms with Crippen LogP contribution in [0.5, 0.6) is 0 Å². The average Bonchev–Trinajstić information content (AvgIpc) is 2.48. The number of aryl methyl sites for hydroxylation is 1. The summed E-state index contributed by atoms with van der Waals surface area (Å²) in [5.74, 6) is 5.61. The van der Waals surface area contributed by atoms with Crippen molar-refractivity contribution in [2.24, 2.45) is 5.73 Å². The fraction of sp³-hybridized carbons (Fsp3) is 0.118. The lowest BCUT2D eigenvalue weighted by Crippen LogP contribution is -2.12. The number of anilines is 1. The van der Waals surface area contributed by atoms with Crippen molar-refractivity contribution in [2.75, 3.05) is 11.9 Å². The Morgan fingerprint density at radius 1 is 1.24 bits per heavy atom. The van der Waals surface area contributed by atoms with Crippen LogP contribution in [-0.2, 0) is 0 Å². The van der Waals surface area contributed by atoms with Crippen molar-refractivity contribution in [1.82, 2.24) is 0 Å². The summed E-state index contributed by atoms with van der Waals surface area (Å²) in [7, 11) is 0. The molecular weight excluding hydrogens is 284 g/mol. The Kier molecular flexibility index (Phi) is 4.99. The first kappa shape index (κ1) is 15.1. The van der Waals surface area contributed by atoms with Crippen molar-refractivity contribution in [2.45, 2.75) is 6.92 Å². The summed E-state index contributed by atoms with van der Waals surface area (Å²) in [5, 5.41) is 3.45. The molecule has 106 valence electrons. The number of hydrogen-bond acceptors (Lipinski definition) is 2. The van der Waals surface area contributed by atoms with Gasteiger partial charge in [0.25, 0.3) is 5.91 Å². The molecule has 0 saturated heterocycles. The van der Waals surface area contributed by atoms with E-state index in [1.807, 2.05) is 19.1 Å². The molecule has 0 unspecified atom stereocenters. The minimum Gasteiger partial charge on any atom is -0.322 e. The van der Waals surface area contributed by atoms with E-state index in [-0.39, 0.29) is 5.91 Å². The molecule has 2 aromatic rings. The topological polar surface area (TPSA) is 55.1 Å². The zero-order chi connectivity index (χ0) is 15.2. The highest BCUT2D eigenvalue weighted by molar-refractivity contribution is 6.30. The molecular formula is C17H15ClN2O. The molecule has 3 N–H and O–H groups in total. The van der Waals surface area contributed by atoms with Gasteiger partial charge in [0, 0.05) is 21.8 Å². The predicted molar refractivity (Wildman–Crippen MR) is 86.5 cm³/mol. The lowest BCUT2D eigenvalue weighted by Gasteiger charge is -2.07. The van der Waals surface area contributed by atoms with E-state index in [9.17, 15) is 4.79 Å². The van der Waals surface area contributed by atoms with Gasteiger partial charge in [-0.05, 0) is 55.0 Å². The third kappa shape index (κ3) is 4.09. The van der Waals surface area contributed by atoms with Crippen LogP contribution in [0.4, 0.5) is 5.69 Å². The van der Waals surface area contributed by atoms with Gasteiger partial charge in [-0.15, -0.1) is 0 Å². The van der Waals surface area contributed by atoms with Gasteiger partial charge in [0.2, 0.25) is 0 Å². The van der Waals surface area contributed by atoms with E-state index in [0.29, 0.717) is 22.8 Å². The normalized spacial score (nSPS) is 9.67. The standard InChI is InChI=1S/C17H15ClN2O/c1-12-11-14(5-4-13(12)3-2-10-19)17(21)20-16-8-6-15(18)7-9-16/h4-9,11H,10,19H2,1H3,(H,20,21). The summed E-state index contributed by atoms with van der Waals surface area (Å²) >= 11 is 5.81. The van der Waals surface area contributed by atoms with Crippen molar-refractivity contribution in [3.05, 3.63) is 64.2 Å². The van der Waals surface area contributed by atoms with Crippen molar-refractivity contribution >= 4 is 23.2 Å². The molecule has 0 heterocycles. The van der Waals surface area contributed by atoms with Crippen LogP contribution in [0.15, 0.2) is 42.5 Å². The first-order chi connectivity index (χ1) is 10.1. The number of benzene rings is 2. The van der Waals surface area contributed by atoms with E-state index in [0.717, 1.165) is 11.1 Å². The Hall–Kier alpha value is -2.28. The van der Waals surface area contributed by atoms with E-state index in [1.54, 1.807) is 30.3 Å². The molecule has 0 aliphatic heterocycles. The molecule has 0 bridgehead atoms. The second-order valence-electron chi connectivity index (χ2n) is 4.50. The summed E-state index contributed by atoms with van der Waals surface area (Å²) in [6, 6.07) is 12.4. The van der Waals surface area contributed by atoms with Gasteiger partial charge in [-0.3, -0.25) is 4.79 Å². The molecule has 0 atom stereocenters. The van der Waals surface area contributed by atoms with Crippen LogP contribution in [-0.4, -0.2) is 12.5 Å². The maximum atomic E-state index is 12.2. The molecule has 0 aliphatic rings. The summed E-state index contributed by atoms with van der Waals surface area (Å²) < 4.78 is 0. The van der Waals surface area contributed by atoms with Crippen LogP contribution >= 0.6 is 11.6 Å². The number of nitrogens with two attached hydrogens (primary N) is 1. The van der Waals surface area contributed by atoms with Crippen LogP contribution in [0.25, 0.3) is 0 Å². The molecule has 0 saturated carbocycles. The lowest BCUT2D eigenvalue weighted by molar-refractivity contribution is 0.102. The third-order valence-electron chi connectivity index (χ3n) is 2.92. The number of halogens is 1. The fourth-order valence-electron chi connectivity index (χ4n) is 1.83. The zero-order valence-corrected chi connectivity index (χ0v) is 12.4. The highest BCUT2D eigenvalue weighted by atomic mass is 35.5. The number of amides is 1. The molecule has 1 amide bonds. The predicted octanol–water partition coefficient (Wildman–Crippen LogP) is 3.21. The Labute approximate surface area is 129 Å². The van der Waals surface area contributed by atoms with Crippen molar-refractivity contribution < 1.29 is 4.79 Å². The lowest BCUT2D eigenvalue weighted by atomic mass is 10.0. The fourth-order valence-corrected chi connectivity index (χ4v) is 1.95. The van der Waals surface area contributed by atoms with Gasteiger partial charge in [-0.1, -0.05) is 23.4 Å². The first-order valence-electron chi connectivity index (χ1n) is 6.46. The maximum Gasteiger partial charge on any atom is 0.255 e. The van der Waals surface area contributed by atoms with Crippen molar-refractivity contribution in [1.29, 1.82) is 0 Å². The highest BCUT2D eigenvalue weighted by Gasteiger charge is 2.07. The minimum absolute atomic E-state index is 0.168. The van der Waals surface area contributed by atoms with E-state index in [2.05, 4.69) is 17.2 Å². The Morgan fingerprint density at radius 3 is 2.57 bits per heavy atom. The van der Waals surface area contributed by atoms with Gasteiger partial charge in [0.1, 0.15) is 0 Å². The molecule has 21 heavy (non-hydrogen) atoms. The second-order valence-corrected chi connectivity index (χ2v) is 4.93.